The molecule has 0 bridgehead atoms. The van der Waals surface area contributed by atoms with Gasteiger partial charge in [-0.15, -0.1) is 0 Å². The van der Waals surface area contributed by atoms with E-state index in [9.17, 15) is 0 Å². The number of piperazine rings is 1. The van der Waals surface area contributed by atoms with E-state index in [1.807, 2.05) is 0 Å². The zero-order valence-corrected chi connectivity index (χ0v) is 8.57. The summed E-state index contributed by atoms with van der Waals surface area (Å²) >= 11 is 1.79. The van der Waals surface area contributed by atoms with Crippen molar-refractivity contribution in [3.8, 4) is 0 Å². The van der Waals surface area contributed by atoms with Gasteiger partial charge in [0, 0.05) is 25.7 Å². The Morgan fingerprint density at radius 2 is 2.46 bits per heavy atom. The average molecular weight is 196 g/mol. The Hall–Kier alpha value is -0.380. The standard InChI is InChI=1S/C10H16N2S/c1(9-3-6-13-8-9)2-10-7-11-4-5-12-10/h3,6,8,10-12H,1-2,4-5,7H2. The first-order valence-electron chi connectivity index (χ1n) is 4.90. The van der Waals surface area contributed by atoms with Crippen LogP contribution in [-0.2, 0) is 6.42 Å². The predicted octanol–water partition coefficient (Wildman–Crippen LogP) is 1.24. The zero-order chi connectivity index (χ0) is 8.93. The first kappa shape index (κ1) is 9.19. The van der Waals surface area contributed by atoms with Crippen molar-refractivity contribution in [3.63, 3.8) is 0 Å². The third-order valence-corrected chi connectivity index (χ3v) is 3.22. The number of nitrogens with one attached hydrogen (secondary N) is 2. The van der Waals surface area contributed by atoms with Crippen LogP contribution < -0.4 is 10.6 Å². The molecule has 0 amide bonds. The van der Waals surface area contributed by atoms with Gasteiger partial charge in [-0.3, -0.25) is 0 Å². The Balaban J connectivity index is 1.72. The first-order chi connectivity index (χ1) is 6.45. The van der Waals surface area contributed by atoms with Gasteiger partial charge < -0.3 is 10.6 Å². The monoisotopic (exact) mass is 196 g/mol. The van der Waals surface area contributed by atoms with Crippen LogP contribution in [0.15, 0.2) is 16.8 Å². The maximum atomic E-state index is 3.52. The first-order valence-corrected chi connectivity index (χ1v) is 5.84. The van der Waals surface area contributed by atoms with Gasteiger partial charge in [0.15, 0.2) is 0 Å². The van der Waals surface area contributed by atoms with Crippen molar-refractivity contribution in [3.05, 3.63) is 22.4 Å². The van der Waals surface area contributed by atoms with Crippen molar-refractivity contribution in [2.75, 3.05) is 19.6 Å². The molecule has 2 rings (SSSR count). The van der Waals surface area contributed by atoms with E-state index in [1.165, 1.54) is 18.4 Å². The van der Waals surface area contributed by atoms with Gasteiger partial charge in [0.05, 0.1) is 0 Å². The molecule has 72 valence electrons. The van der Waals surface area contributed by atoms with Gasteiger partial charge in [0.1, 0.15) is 0 Å². The summed E-state index contributed by atoms with van der Waals surface area (Å²) < 4.78 is 0. The number of hydrogen-bond acceptors (Lipinski definition) is 3. The molecule has 1 aromatic heterocycles. The number of rotatable bonds is 3. The zero-order valence-electron chi connectivity index (χ0n) is 7.75. The fourth-order valence-corrected chi connectivity index (χ4v) is 2.40. The van der Waals surface area contributed by atoms with Crippen LogP contribution in [0.25, 0.3) is 0 Å². The summed E-state index contributed by atoms with van der Waals surface area (Å²) in [5.41, 5.74) is 1.48. The Bertz CT molecular complexity index is 227. The van der Waals surface area contributed by atoms with Gasteiger partial charge in [-0.05, 0) is 35.2 Å². The summed E-state index contributed by atoms with van der Waals surface area (Å²) in [6.07, 6.45) is 2.46. The highest BCUT2D eigenvalue weighted by molar-refractivity contribution is 7.07. The molecule has 3 heteroatoms. The summed E-state index contributed by atoms with van der Waals surface area (Å²) in [5.74, 6) is 0. The van der Waals surface area contributed by atoms with Gasteiger partial charge in [-0.25, -0.2) is 0 Å². The molecule has 1 saturated heterocycles. The van der Waals surface area contributed by atoms with E-state index in [0.717, 1.165) is 19.6 Å². The Morgan fingerprint density at radius 1 is 1.46 bits per heavy atom. The molecule has 1 aromatic rings. The fraction of sp³-hybridized carbons (Fsp3) is 0.600. The molecule has 1 atom stereocenters. The van der Waals surface area contributed by atoms with Crippen molar-refractivity contribution in [1.82, 2.24) is 10.6 Å². The average Bonchev–Trinajstić information content (AvgIpc) is 2.69. The van der Waals surface area contributed by atoms with Gasteiger partial charge in [-0.2, -0.15) is 11.3 Å². The van der Waals surface area contributed by atoms with E-state index in [2.05, 4.69) is 27.5 Å². The smallest absolute Gasteiger partial charge is 0.0196 e. The van der Waals surface area contributed by atoms with Gasteiger partial charge in [-0.1, -0.05) is 0 Å². The summed E-state index contributed by atoms with van der Waals surface area (Å²) in [6, 6.07) is 2.90. The molecule has 1 aliphatic heterocycles. The lowest BCUT2D eigenvalue weighted by Gasteiger charge is -2.24. The highest BCUT2D eigenvalue weighted by Gasteiger charge is 2.11. The summed E-state index contributed by atoms with van der Waals surface area (Å²) in [6.45, 7) is 3.37. The molecule has 1 fully saturated rings. The van der Waals surface area contributed by atoms with E-state index in [0.29, 0.717) is 6.04 Å². The van der Waals surface area contributed by atoms with E-state index >= 15 is 0 Å². The van der Waals surface area contributed by atoms with Crippen molar-refractivity contribution in [1.29, 1.82) is 0 Å². The molecule has 1 aliphatic rings. The molecule has 1 unspecified atom stereocenters. The molecule has 2 heterocycles. The van der Waals surface area contributed by atoms with Crippen LogP contribution in [0.5, 0.6) is 0 Å². The Morgan fingerprint density at radius 3 is 3.15 bits per heavy atom. The van der Waals surface area contributed by atoms with Gasteiger partial charge >= 0.3 is 0 Å². The Labute approximate surface area is 83.4 Å². The lowest BCUT2D eigenvalue weighted by Crippen LogP contribution is -2.48. The van der Waals surface area contributed by atoms with E-state index in [1.54, 1.807) is 11.3 Å². The second kappa shape index (κ2) is 4.74. The normalized spacial score (nSPS) is 23.2. The highest BCUT2D eigenvalue weighted by Crippen LogP contribution is 2.09. The second-order valence-corrected chi connectivity index (χ2v) is 4.31. The maximum Gasteiger partial charge on any atom is 0.0196 e. The second-order valence-electron chi connectivity index (χ2n) is 3.53. The van der Waals surface area contributed by atoms with Crippen LogP contribution in [-0.4, -0.2) is 25.7 Å². The van der Waals surface area contributed by atoms with Crippen molar-refractivity contribution >= 4 is 11.3 Å². The van der Waals surface area contributed by atoms with Crippen LogP contribution in [0.4, 0.5) is 0 Å². The molecular weight excluding hydrogens is 180 g/mol. The lowest BCUT2D eigenvalue weighted by atomic mass is 10.1. The highest BCUT2D eigenvalue weighted by atomic mass is 32.1. The Kier molecular flexibility index (Phi) is 3.35. The SMILES string of the molecule is c1cc(CCC2CNCCN2)cs1. The van der Waals surface area contributed by atoms with Crippen molar-refractivity contribution in [2.45, 2.75) is 18.9 Å². The van der Waals surface area contributed by atoms with E-state index in [4.69, 9.17) is 0 Å². The number of aryl methyl sites for hydroxylation is 1. The fourth-order valence-electron chi connectivity index (χ4n) is 1.69. The van der Waals surface area contributed by atoms with Crippen LogP contribution >= 0.6 is 11.3 Å². The van der Waals surface area contributed by atoms with Crippen LogP contribution in [0, 0.1) is 0 Å². The van der Waals surface area contributed by atoms with Crippen molar-refractivity contribution < 1.29 is 0 Å². The number of hydrogen-bond donors (Lipinski definition) is 2. The minimum Gasteiger partial charge on any atom is -0.314 e. The third kappa shape index (κ3) is 2.79. The minimum absolute atomic E-state index is 0.675. The topological polar surface area (TPSA) is 24.1 Å². The van der Waals surface area contributed by atoms with E-state index in [-0.39, 0.29) is 0 Å². The molecule has 0 aliphatic carbocycles. The predicted molar refractivity (Wildman–Crippen MR) is 57.3 cm³/mol. The maximum absolute atomic E-state index is 3.52. The molecule has 2 nitrogen and oxygen atoms in total. The van der Waals surface area contributed by atoms with Gasteiger partial charge in [0.2, 0.25) is 0 Å². The largest absolute Gasteiger partial charge is 0.314 e. The molecule has 13 heavy (non-hydrogen) atoms. The van der Waals surface area contributed by atoms with Crippen LogP contribution in [0.2, 0.25) is 0 Å². The number of thiophene rings is 1. The molecule has 0 saturated carbocycles. The lowest BCUT2D eigenvalue weighted by molar-refractivity contribution is 0.400. The van der Waals surface area contributed by atoms with Crippen molar-refractivity contribution in [2.24, 2.45) is 0 Å². The third-order valence-electron chi connectivity index (χ3n) is 2.49. The van der Waals surface area contributed by atoms with E-state index < -0.39 is 0 Å². The van der Waals surface area contributed by atoms with Crippen LogP contribution in [0.1, 0.15) is 12.0 Å². The molecule has 2 N–H and O–H groups in total. The quantitative estimate of drug-likeness (QED) is 0.760. The molecule has 0 spiro atoms. The summed E-state index contributed by atoms with van der Waals surface area (Å²) in [4.78, 5) is 0. The minimum atomic E-state index is 0.675. The molecule has 0 radical (unpaired) electrons. The molecular formula is C10H16N2S. The summed E-state index contributed by atoms with van der Waals surface area (Å²) in [7, 11) is 0. The van der Waals surface area contributed by atoms with Gasteiger partial charge in [0.25, 0.3) is 0 Å². The molecule has 0 aromatic carbocycles. The summed E-state index contributed by atoms with van der Waals surface area (Å²) in [5, 5.41) is 11.3. The van der Waals surface area contributed by atoms with Crippen LogP contribution in [0.3, 0.4) is 0 Å².